The van der Waals surface area contributed by atoms with E-state index in [1.165, 1.54) is 6.42 Å². The second kappa shape index (κ2) is 2.53. The summed E-state index contributed by atoms with van der Waals surface area (Å²) in [6.45, 7) is 4.42. The lowest BCUT2D eigenvalue weighted by atomic mass is 10.0. The molecule has 7 heavy (non-hydrogen) atoms. The van der Waals surface area contributed by atoms with E-state index in [2.05, 4.69) is 19.2 Å². The SMILES string of the molecule is C[C@@H]1C[C@@H](C)N1.Cl. The number of hydrogen-bond acceptors (Lipinski definition) is 1. The Balaban J connectivity index is 0.000000360. The highest BCUT2D eigenvalue weighted by Crippen LogP contribution is 2.07. The fraction of sp³-hybridized carbons (Fsp3) is 1.00. The first-order valence-corrected chi connectivity index (χ1v) is 2.55. The molecule has 0 aromatic carbocycles. The van der Waals surface area contributed by atoms with Crippen LogP contribution in [0.15, 0.2) is 0 Å². The molecule has 0 aromatic heterocycles. The zero-order chi connectivity index (χ0) is 4.57. The van der Waals surface area contributed by atoms with Crippen molar-refractivity contribution >= 4 is 12.4 Å². The lowest BCUT2D eigenvalue weighted by molar-refractivity contribution is 0.302. The van der Waals surface area contributed by atoms with Crippen LogP contribution < -0.4 is 5.32 Å². The van der Waals surface area contributed by atoms with Gasteiger partial charge in [-0.2, -0.15) is 0 Å². The van der Waals surface area contributed by atoms with Crippen molar-refractivity contribution in [1.82, 2.24) is 5.32 Å². The van der Waals surface area contributed by atoms with E-state index in [0.717, 1.165) is 12.1 Å². The normalized spacial score (nSPS) is 38.6. The monoisotopic (exact) mass is 121 g/mol. The molecule has 0 aromatic rings. The van der Waals surface area contributed by atoms with Crippen LogP contribution in [0.2, 0.25) is 0 Å². The number of nitrogens with one attached hydrogen (secondary N) is 1. The van der Waals surface area contributed by atoms with Gasteiger partial charge in [-0.3, -0.25) is 0 Å². The predicted molar refractivity (Wildman–Crippen MR) is 33.9 cm³/mol. The Kier molecular flexibility index (Phi) is 2.62. The van der Waals surface area contributed by atoms with Crippen molar-refractivity contribution in [2.24, 2.45) is 0 Å². The summed E-state index contributed by atoms with van der Waals surface area (Å²) in [4.78, 5) is 0. The quantitative estimate of drug-likeness (QED) is 0.508. The van der Waals surface area contributed by atoms with Crippen LogP contribution in [-0.4, -0.2) is 12.1 Å². The molecule has 1 saturated heterocycles. The minimum Gasteiger partial charge on any atom is -0.312 e. The highest BCUT2D eigenvalue weighted by molar-refractivity contribution is 5.85. The fourth-order valence-electron chi connectivity index (χ4n) is 0.992. The summed E-state index contributed by atoms with van der Waals surface area (Å²) in [5, 5.41) is 3.31. The summed E-state index contributed by atoms with van der Waals surface area (Å²) in [6.07, 6.45) is 1.36. The Morgan fingerprint density at radius 2 is 1.57 bits per heavy atom. The Morgan fingerprint density at radius 3 is 1.57 bits per heavy atom. The van der Waals surface area contributed by atoms with Crippen LogP contribution in [0.25, 0.3) is 0 Å². The summed E-state index contributed by atoms with van der Waals surface area (Å²) in [7, 11) is 0. The van der Waals surface area contributed by atoms with E-state index in [0.29, 0.717) is 0 Å². The van der Waals surface area contributed by atoms with E-state index in [-0.39, 0.29) is 12.4 Å². The van der Waals surface area contributed by atoms with Gasteiger partial charge >= 0.3 is 0 Å². The summed E-state index contributed by atoms with van der Waals surface area (Å²) in [6, 6.07) is 1.58. The maximum atomic E-state index is 3.31. The van der Waals surface area contributed by atoms with Gasteiger partial charge in [0.1, 0.15) is 0 Å². The summed E-state index contributed by atoms with van der Waals surface area (Å²) < 4.78 is 0. The van der Waals surface area contributed by atoms with Gasteiger partial charge < -0.3 is 5.32 Å². The molecule has 0 spiro atoms. The van der Waals surface area contributed by atoms with Crippen molar-refractivity contribution in [2.45, 2.75) is 32.4 Å². The number of rotatable bonds is 0. The van der Waals surface area contributed by atoms with Gasteiger partial charge in [-0.25, -0.2) is 0 Å². The van der Waals surface area contributed by atoms with E-state index >= 15 is 0 Å². The third kappa shape index (κ3) is 1.66. The molecule has 1 heterocycles. The second-order valence-corrected chi connectivity index (χ2v) is 2.20. The Hall–Kier alpha value is 0.250. The lowest BCUT2D eigenvalue weighted by Gasteiger charge is -2.31. The van der Waals surface area contributed by atoms with E-state index < -0.39 is 0 Å². The van der Waals surface area contributed by atoms with Crippen molar-refractivity contribution in [1.29, 1.82) is 0 Å². The molecule has 0 saturated carbocycles. The molecule has 1 fully saturated rings. The molecule has 1 rings (SSSR count). The molecule has 1 aliphatic rings. The van der Waals surface area contributed by atoms with E-state index in [9.17, 15) is 0 Å². The molecule has 1 N–H and O–H groups in total. The third-order valence-corrected chi connectivity index (χ3v) is 1.28. The van der Waals surface area contributed by atoms with Gasteiger partial charge in [0.25, 0.3) is 0 Å². The van der Waals surface area contributed by atoms with Crippen molar-refractivity contribution in [3.8, 4) is 0 Å². The zero-order valence-electron chi connectivity index (χ0n) is 4.77. The minimum absolute atomic E-state index is 0. The third-order valence-electron chi connectivity index (χ3n) is 1.28. The van der Waals surface area contributed by atoms with Gasteiger partial charge in [0.2, 0.25) is 0 Å². The average molecular weight is 122 g/mol. The molecular formula is C5H12ClN. The first-order valence-electron chi connectivity index (χ1n) is 2.55. The Bertz CT molecular complexity index is 44.0. The second-order valence-electron chi connectivity index (χ2n) is 2.20. The van der Waals surface area contributed by atoms with Gasteiger partial charge in [-0.1, -0.05) is 0 Å². The van der Waals surface area contributed by atoms with Crippen LogP contribution in [0.4, 0.5) is 0 Å². The van der Waals surface area contributed by atoms with Crippen molar-refractivity contribution < 1.29 is 0 Å². The van der Waals surface area contributed by atoms with Crippen LogP contribution in [0, 0.1) is 0 Å². The molecule has 0 bridgehead atoms. The van der Waals surface area contributed by atoms with Crippen LogP contribution in [0.5, 0.6) is 0 Å². The van der Waals surface area contributed by atoms with Crippen molar-refractivity contribution in [3.05, 3.63) is 0 Å². The van der Waals surface area contributed by atoms with Crippen molar-refractivity contribution in [2.75, 3.05) is 0 Å². The largest absolute Gasteiger partial charge is 0.312 e. The number of hydrogen-bond donors (Lipinski definition) is 1. The Morgan fingerprint density at radius 1 is 1.29 bits per heavy atom. The van der Waals surface area contributed by atoms with Crippen LogP contribution in [0.1, 0.15) is 20.3 Å². The van der Waals surface area contributed by atoms with Gasteiger partial charge in [0, 0.05) is 12.1 Å². The molecular weight excluding hydrogens is 110 g/mol. The maximum Gasteiger partial charge on any atom is 0.00559 e. The van der Waals surface area contributed by atoms with Crippen LogP contribution in [-0.2, 0) is 0 Å². The molecule has 0 aliphatic carbocycles. The van der Waals surface area contributed by atoms with Crippen LogP contribution >= 0.6 is 12.4 Å². The highest BCUT2D eigenvalue weighted by atomic mass is 35.5. The summed E-state index contributed by atoms with van der Waals surface area (Å²) in [5.74, 6) is 0. The van der Waals surface area contributed by atoms with Gasteiger partial charge in [0.15, 0.2) is 0 Å². The molecule has 2 heteroatoms. The van der Waals surface area contributed by atoms with Gasteiger partial charge in [-0.15, -0.1) is 12.4 Å². The van der Waals surface area contributed by atoms with Crippen molar-refractivity contribution in [3.63, 3.8) is 0 Å². The first kappa shape index (κ1) is 7.25. The van der Waals surface area contributed by atoms with E-state index in [4.69, 9.17) is 0 Å². The van der Waals surface area contributed by atoms with Gasteiger partial charge in [-0.05, 0) is 20.3 Å². The topological polar surface area (TPSA) is 12.0 Å². The smallest absolute Gasteiger partial charge is 0.00559 e. The predicted octanol–water partition coefficient (Wildman–Crippen LogP) is 1.18. The zero-order valence-corrected chi connectivity index (χ0v) is 5.59. The van der Waals surface area contributed by atoms with E-state index in [1.807, 2.05) is 0 Å². The minimum atomic E-state index is 0. The molecule has 44 valence electrons. The molecule has 1 nitrogen and oxygen atoms in total. The molecule has 1 aliphatic heterocycles. The lowest BCUT2D eigenvalue weighted by Crippen LogP contribution is -2.48. The average Bonchev–Trinajstić information content (AvgIpc) is 1.33. The molecule has 0 amide bonds. The number of halogens is 1. The standard InChI is InChI=1S/C5H11N.ClH/c1-4-3-5(2)6-4;/h4-6H,3H2,1-2H3;1H/t4-,5-;/m1./s1. The molecule has 0 radical (unpaired) electrons. The van der Waals surface area contributed by atoms with E-state index in [1.54, 1.807) is 0 Å². The fourth-order valence-corrected chi connectivity index (χ4v) is 0.992. The molecule has 0 unspecified atom stereocenters. The first-order chi connectivity index (χ1) is 2.79. The molecule has 2 atom stereocenters. The van der Waals surface area contributed by atoms with Crippen LogP contribution in [0.3, 0.4) is 0 Å². The maximum absolute atomic E-state index is 3.31. The summed E-state index contributed by atoms with van der Waals surface area (Å²) >= 11 is 0. The van der Waals surface area contributed by atoms with Gasteiger partial charge in [0.05, 0.1) is 0 Å². The Labute approximate surface area is 50.9 Å². The highest BCUT2D eigenvalue weighted by Gasteiger charge is 2.17. The summed E-state index contributed by atoms with van der Waals surface area (Å²) in [5.41, 5.74) is 0.